The van der Waals surface area contributed by atoms with E-state index in [1.165, 1.54) is 0 Å². The van der Waals surface area contributed by atoms with Gasteiger partial charge in [0.1, 0.15) is 0 Å². The lowest BCUT2D eigenvalue weighted by Crippen LogP contribution is -2.37. The van der Waals surface area contributed by atoms with E-state index >= 15 is 0 Å². The second kappa shape index (κ2) is 5.40. The molecule has 2 rings (SSSR count). The number of carbonyl (C=O) groups is 1. The van der Waals surface area contributed by atoms with Crippen molar-refractivity contribution in [2.24, 2.45) is 5.92 Å². The minimum Gasteiger partial charge on any atom is -0.478 e. The molecular weight excluding hydrogens is 230 g/mol. The summed E-state index contributed by atoms with van der Waals surface area (Å²) < 4.78 is 0. The molecule has 1 aliphatic rings. The van der Waals surface area contributed by atoms with Crippen molar-refractivity contribution in [1.29, 1.82) is 0 Å². The van der Waals surface area contributed by atoms with Crippen molar-refractivity contribution in [3.63, 3.8) is 0 Å². The Kier molecular flexibility index (Phi) is 3.87. The lowest BCUT2D eigenvalue weighted by molar-refractivity contribution is 0.0696. The molecule has 2 N–H and O–H groups in total. The number of carboxylic acid groups (broad SMARTS) is 1. The summed E-state index contributed by atoms with van der Waals surface area (Å²) in [6, 6.07) is 7.10. The van der Waals surface area contributed by atoms with Crippen molar-refractivity contribution in [1.82, 2.24) is 0 Å². The van der Waals surface area contributed by atoms with Gasteiger partial charge in [-0.3, -0.25) is 0 Å². The van der Waals surface area contributed by atoms with Gasteiger partial charge < -0.3 is 15.1 Å². The maximum Gasteiger partial charge on any atom is 0.337 e. The van der Waals surface area contributed by atoms with E-state index in [-0.39, 0.29) is 6.10 Å². The van der Waals surface area contributed by atoms with E-state index in [4.69, 9.17) is 5.11 Å². The van der Waals surface area contributed by atoms with Gasteiger partial charge in [0.05, 0.1) is 17.4 Å². The quantitative estimate of drug-likeness (QED) is 0.860. The number of carboxylic acids is 1. The third kappa shape index (κ3) is 2.64. The maximum absolute atomic E-state index is 11.2. The molecule has 0 saturated carbocycles. The average Bonchev–Trinajstić information content (AvgIpc) is 2.39. The Hall–Kier alpha value is -1.55. The van der Waals surface area contributed by atoms with Gasteiger partial charge in [-0.15, -0.1) is 0 Å². The van der Waals surface area contributed by atoms with Crippen LogP contribution in [-0.4, -0.2) is 35.4 Å². The van der Waals surface area contributed by atoms with Crippen molar-refractivity contribution >= 4 is 11.7 Å². The van der Waals surface area contributed by atoms with Crippen LogP contribution in [0.3, 0.4) is 0 Å². The fourth-order valence-corrected chi connectivity index (χ4v) is 2.55. The first kappa shape index (κ1) is 12.9. The summed E-state index contributed by atoms with van der Waals surface area (Å²) in [6.45, 7) is 3.44. The second-order valence-electron chi connectivity index (χ2n) is 4.89. The van der Waals surface area contributed by atoms with E-state index in [1.54, 1.807) is 12.1 Å². The number of benzene rings is 1. The topological polar surface area (TPSA) is 60.8 Å². The van der Waals surface area contributed by atoms with Crippen molar-refractivity contribution in [2.45, 2.75) is 25.9 Å². The molecule has 1 unspecified atom stereocenters. The fraction of sp³-hybridized carbons (Fsp3) is 0.500. The second-order valence-corrected chi connectivity index (χ2v) is 4.89. The Bertz CT molecular complexity index is 423. The van der Waals surface area contributed by atoms with E-state index in [9.17, 15) is 9.90 Å². The molecule has 0 bridgehead atoms. The van der Waals surface area contributed by atoms with E-state index in [1.807, 2.05) is 19.1 Å². The van der Waals surface area contributed by atoms with Gasteiger partial charge in [-0.25, -0.2) is 4.79 Å². The summed E-state index contributed by atoms with van der Waals surface area (Å²) >= 11 is 0. The smallest absolute Gasteiger partial charge is 0.337 e. The standard InChI is InChI=1S/C14H19NO3/c1-10(16)11-6-8-15(9-7-11)13-5-3-2-4-12(13)14(17)18/h2-5,10-11,16H,6-9H2,1H3,(H,17,18). The molecule has 18 heavy (non-hydrogen) atoms. The third-order valence-corrected chi connectivity index (χ3v) is 3.70. The van der Waals surface area contributed by atoms with Gasteiger partial charge in [0.25, 0.3) is 0 Å². The highest BCUT2D eigenvalue weighted by atomic mass is 16.4. The van der Waals surface area contributed by atoms with Crippen molar-refractivity contribution in [3.05, 3.63) is 29.8 Å². The first-order valence-corrected chi connectivity index (χ1v) is 6.35. The van der Waals surface area contributed by atoms with Gasteiger partial charge >= 0.3 is 5.97 Å². The number of aromatic carboxylic acids is 1. The summed E-state index contributed by atoms with van der Waals surface area (Å²) in [5.41, 5.74) is 1.14. The number of nitrogens with zero attached hydrogens (tertiary/aromatic N) is 1. The number of para-hydroxylation sites is 1. The molecule has 98 valence electrons. The lowest BCUT2D eigenvalue weighted by atomic mass is 9.91. The predicted octanol–water partition coefficient (Wildman–Crippen LogP) is 1.98. The SMILES string of the molecule is CC(O)C1CCN(c2ccccc2C(=O)O)CC1. The normalized spacial score (nSPS) is 18.7. The molecule has 1 aliphatic heterocycles. The highest BCUT2D eigenvalue weighted by Crippen LogP contribution is 2.27. The summed E-state index contributed by atoms with van der Waals surface area (Å²) in [7, 11) is 0. The van der Waals surface area contributed by atoms with Crippen LogP contribution in [0, 0.1) is 5.92 Å². The Labute approximate surface area is 107 Å². The average molecular weight is 249 g/mol. The van der Waals surface area contributed by atoms with Gasteiger partial charge in [-0.1, -0.05) is 12.1 Å². The van der Waals surface area contributed by atoms with Gasteiger partial charge in [0.2, 0.25) is 0 Å². The Balaban J connectivity index is 2.12. The minimum atomic E-state index is -0.886. The molecule has 1 fully saturated rings. The van der Waals surface area contributed by atoms with Crippen LogP contribution in [0.5, 0.6) is 0 Å². The monoisotopic (exact) mass is 249 g/mol. The number of hydrogen-bond donors (Lipinski definition) is 2. The van der Waals surface area contributed by atoms with Crippen molar-refractivity contribution in [3.8, 4) is 0 Å². The zero-order valence-corrected chi connectivity index (χ0v) is 10.5. The van der Waals surface area contributed by atoms with Crippen LogP contribution in [0.15, 0.2) is 24.3 Å². The molecule has 0 spiro atoms. The summed E-state index contributed by atoms with van der Waals surface area (Å²) in [5, 5.41) is 18.7. The van der Waals surface area contributed by atoms with E-state index in [2.05, 4.69) is 4.90 Å². The zero-order chi connectivity index (χ0) is 13.1. The van der Waals surface area contributed by atoms with E-state index in [0.29, 0.717) is 11.5 Å². The van der Waals surface area contributed by atoms with E-state index in [0.717, 1.165) is 31.6 Å². The van der Waals surface area contributed by atoms with Crippen LogP contribution in [0.4, 0.5) is 5.69 Å². The number of hydrogen-bond acceptors (Lipinski definition) is 3. The maximum atomic E-state index is 11.2. The Morgan fingerprint density at radius 2 is 1.94 bits per heavy atom. The molecule has 0 amide bonds. The van der Waals surface area contributed by atoms with Crippen molar-refractivity contribution < 1.29 is 15.0 Å². The molecule has 1 aromatic rings. The molecule has 0 aromatic heterocycles. The number of anilines is 1. The van der Waals surface area contributed by atoms with Gasteiger partial charge in [0.15, 0.2) is 0 Å². The number of rotatable bonds is 3. The summed E-state index contributed by atoms with van der Waals surface area (Å²) in [6.07, 6.45) is 1.54. The molecule has 1 saturated heterocycles. The van der Waals surface area contributed by atoms with Gasteiger partial charge in [0, 0.05) is 13.1 Å². The molecule has 0 aliphatic carbocycles. The predicted molar refractivity (Wildman–Crippen MR) is 70.0 cm³/mol. The number of aliphatic hydroxyl groups is 1. The van der Waals surface area contributed by atoms with Gasteiger partial charge in [-0.2, -0.15) is 0 Å². The molecule has 1 atom stereocenters. The fourth-order valence-electron chi connectivity index (χ4n) is 2.55. The zero-order valence-electron chi connectivity index (χ0n) is 10.5. The minimum absolute atomic E-state index is 0.276. The Morgan fingerprint density at radius 1 is 1.33 bits per heavy atom. The van der Waals surface area contributed by atoms with Crippen LogP contribution < -0.4 is 4.90 Å². The molecule has 1 heterocycles. The third-order valence-electron chi connectivity index (χ3n) is 3.70. The van der Waals surface area contributed by atoms with Crippen LogP contribution >= 0.6 is 0 Å². The summed E-state index contributed by atoms with van der Waals surface area (Å²) in [5.74, 6) is -0.554. The largest absolute Gasteiger partial charge is 0.478 e. The molecule has 4 nitrogen and oxygen atoms in total. The number of piperidine rings is 1. The van der Waals surface area contributed by atoms with Crippen LogP contribution in [-0.2, 0) is 0 Å². The summed E-state index contributed by atoms with van der Waals surface area (Å²) in [4.78, 5) is 13.3. The Morgan fingerprint density at radius 3 is 2.50 bits per heavy atom. The molecule has 4 heteroatoms. The highest BCUT2D eigenvalue weighted by molar-refractivity contribution is 5.94. The number of aliphatic hydroxyl groups excluding tert-OH is 1. The first-order valence-electron chi connectivity index (χ1n) is 6.35. The first-order chi connectivity index (χ1) is 8.59. The van der Waals surface area contributed by atoms with Crippen LogP contribution in [0.25, 0.3) is 0 Å². The molecule has 0 radical (unpaired) electrons. The van der Waals surface area contributed by atoms with E-state index < -0.39 is 5.97 Å². The van der Waals surface area contributed by atoms with Crippen molar-refractivity contribution in [2.75, 3.05) is 18.0 Å². The molecular formula is C14H19NO3. The molecule has 1 aromatic carbocycles. The van der Waals surface area contributed by atoms with Crippen LogP contribution in [0.1, 0.15) is 30.1 Å². The lowest BCUT2D eigenvalue weighted by Gasteiger charge is -2.35. The van der Waals surface area contributed by atoms with Crippen LogP contribution in [0.2, 0.25) is 0 Å². The van der Waals surface area contributed by atoms with Gasteiger partial charge in [-0.05, 0) is 37.8 Å². The highest BCUT2D eigenvalue weighted by Gasteiger charge is 2.24.